The van der Waals surface area contributed by atoms with Crippen LogP contribution in [0.5, 0.6) is 0 Å². The van der Waals surface area contributed by atoms with Gasteiger partial charge in [-0.2, -0.15) is 5.10 Å². The summed E-state index contributed by atoms with van der Waals surface area (Å²) in [5.41, 5.74) is 3.09. The maximum Gasteiger partial charge on any atom is 0.0821 e. The van der Waals surface area contributed by atoms with Crippen LogP contribution >= 0.6 is 0 Å². The van der Waals surface area contributed by atoms with Gasteiger partial charge in [0.05, 0.1) is 24.4 Å². The van der Waals surface area contributed by atoms with Crippen molar-refractivity contribution in [1.82, 2.24) is 14.3 Å². The van der Waals surface area contributed by atoms with Crippen LogP contribution in [0.25, 0.3) is 10.9 Å². The van der Waals surface area contributed by atoms with Gasteiger partial charge in [-0.05, 0) is 30.9 Å². The normalized spacial score (nSPS) is 12.9. The SMILES string of the molecule is CCC(C)n1ccc(Cn2ccc3cccc(CO)c32)n1. The molecule has 0 radical (unpaired) electrons. The van der Waals surface area contributed by atoms with E-state index in [1.165, 1.54) is 0 Å². The lowest BCUT2D eigenvalue weighted by molar-refractivity contribution is 0.283. The first kappa shape index (κ1) is 13.9. The van der Waals surface area contributed by atoms with Crippen LogP contribution in [0.1, 0.15) is 37.6 Å². The van der Waals surface area contributed by atoms with Gasteiger partial charge in [-0.25, -0.2) is 0 Å². The summed E-state index contributed by atoms with van der Waals surface area (Å²) in [5.74, 6) is 0. The third-order valence-corrected chi connectivity index (χ3v) is 4.08. The number of aliphatic hydroxyl groups excluding tert-OH is 1. The minimum absolute atomic E-state index is 0.0582. The maximum atomic E-state index is 9.52. The molecule has 0 saturated heterocycles. The van der Waals surface area contributed by atoms with Crippen molar-refractivity contribution in [2.75, 3.05) is 0 Å². The van der Waals surface area contributed by atoms with Gasteiger partial charge in [-0.1, -0.05) is 25.1 Å². The number of fused-ring (bicyclic) bond motifs is 1. The summed E-state index contributed by atoms with van der Waals surface area (Å²) in [5, 5.41) is 15.3. The van der Waals surface area contributed by atoms with Crippen molar-refractivity contribution in [2.45, 2.75) is 39.5 Å². The van der Waals surface area contributed by atoms with Gasteiger partial charge in [0.2, 0.25) is 0 Å². The standard InChI is InChI=1S/C17H21N3O/c1-3-13(2)20-10-8-16(18-20)11-19-9-7-14-5-4-6-15(12-21)17(14)19/h4-10,13,21H,3,11-12H2,1-2H3. The van der Waals surface area contributed by atoms with Gasteiger partial charge in [0, 0.05) is 24.0 Å². The van der Waals surface area contributed by atoms with Gasteiger partial charge in [0.1, 0.15) is 0 Å². The summed E-state index contributed by atoms with van der Waals surface area (Å²) >= 11 is 0. The summed E-state index contributed by atoms with van der Waals surface area (Å²) in [6.45, 7) is 5.12. The summed E-state index contributed by atoms with van der Waals surface area (Å²) in [6.07, 6.45) is 5.18. The van der Waals surface area contributed by atoms with E-state index in [-0.39, 0.29) is 6.61 Å². The van der Waals surface area contributed by atoms with Gasteiger partial charge < -0.3 is 9.67 Å². The minimum Gasteiger partial charge on any atom is -0.392 e. The highest BCUT2D eigenvalue weighted by molar-refractivity contribution is 5.83. The fourth-order valence-electron chi connectivity index (χ4n) is 2.67. The van der Waals surface area contributed by atoms with E-state index in [0.717, 1.165) is 35.1 Å². The molecule has 0 saturated carbocycles. The lowest BCUT2D eigenvalue weighted by Gasteiger charge is -2.09. The third kappa shape index (κ3) is 2.59. The third-order valence-electron chi connectivity index (χ3n) is 4.08. The largest absolute Gasteiger partial charge is 0.392 e. The molecule has 4 heteroatoms. The van der Waals surface area contributed by atoms with Gasteiger partial charge in [-0.3, -0.25) is 4.68 Å². The van der Waals surface area contributed by atoms with Crippen molar-refractivity contribution in [1.29, 1.82) is 0 Å². The highest BCUT2D eigenvalue weighted by Gasteiger charge is 2.09. The molecule has 0 aliphatic carbocycles. The highest BCUT2D eigenvalue weighted by atomic mass is 16.3. The van der Waals surface area contributed by atoms with Crippen LogP contribution in [0.4, 0.5) is 0 Å². The summed E-state index contributed by atoms with van der Waals surface area (Å²) in [6, 6.07) is 10.6. The second kappa shape index (κ2) is 5.74. The Morgan fingerprint density at radius 3 is 2.81 bits per heavy atom. The fourth-order valence-corrected chi connectivity index (χ4v) is 2.67. The van der Waals surface area contributed by atoms with E-state index >= 15 is 0 Å². The predicted molar refractivity (Wildman–Crippen MR) is 84.2 cm³/mol. The number of aromatic nitrogens is 3. The molecular formula is C17H21N3O. The maximum absolute atomic E-state index is 9.52. The van der Waals surface area contributed by atoms with Crippen molar-refractivity contribution in [3.63, 3.8) is 0 Å². The Kier molecular flexibility index (Phi) is 3.80. The summed E-state index contributed by atoms with van der Waals surface area (Å²) in [4.78, 5) is 0. The van der Waals surface area contributed by atoms with Crippen LogP contribution in [0.3, 0.4) is 0 Å². The van der Waals surface area contributed by atoms with Gasteiger partial charge in [0.25, 0.3) is 0 Å². The van der Waals surface area contributed by atoms with Crippen LogP contribution in [-0.4, -0.2) is 19.5 Å². The van der Waals surface area contributed by atoms with E-state index in [1.807, 2.05) is 23.0 Å². The summed E-state index contributed by atoms with van der Waals surface area (Å²) in [7, 11) is 0. The van der Waals surface area contributed by atoms with Crippen LogP contribution in [-0.2, 0) is 13.2 Å². The summed E-state index contributed by atoms with van der Waals surface area (Å²) < 4.78 is 4.18. The van der Waals surface area contributed by atoms with Gasteiger partial charge in [0.15, 0.2) is 0 Å². The highest BCUT2D eigenvalue weighted by Crippen LogP contribution is 2.21. The minimum atomic E-state index is 0.0582. The van der Waals surface area contributed by atoms with E-state index < -0.39 is 0 Å². The molecule has 21 heavy (non-hydrogen) atoms. The number of aliphatic hydroxyl groups is 1. The Balaban J connectivity index is 1.93. The van der Waals surface area contributed by atoms with Crippen molar-refractivity contribution < 1.29 is 5.11 Å². The zero-order valence-electron chi connectivity index (χ0n) is 12.5. The lowest BCUT2D eigenvalue weighted by atomic mass is 10.1. The molecule has 1 N–H and O–H groups in total. The van der Waals surface area contributed by atoms with E-state index in [4.69, 9.17) is 0 Å². The Morgan fingerprint density at radius 1 is 1.19 bits per heavy atom. The van der Waals surface area contributed by atoms with Gasteiger partial charge >= 0.3 is 0 Å². The Hall–Kier alpha value is -2.07. The van der Waals surface area contributed by atoms with Crippen LogP contribution in [0.15, 0.2) is 42.7 Å². The van der Waals surface area contributed by atoms with Crippen molar-refractivity contribution >= 4 is 10.9 Å². The molecule has 2 heterocycles. The average molecular weight is 283 g/mol. The number of para-hydroxylation sites is 1. The molecule has 0 spiro atoms. The van der Waals surface area contributed by atoms with Crippen molar-refractivity contribution in [2.24, 2.45) is 0 Å². The molecule has 0 bridgehead atoms. The molecule has 1 aromatic carbocycles. The molecule has 3 rings (SSSR count). The van der Waals surface area contributed by atoms with Crippen molar-refractivity contribution in [3.05, 3.63) is 54.0 Å². The first-order valence-corrected chi connectivity index (χ1v) is 7.44. The van der Waals surface area contributed by atoms with Crippen molar-refractivity contribution in [3.8, 4) is 0 Å². The second-order valence-corrected chi connectivity index (χ2v) is 5.50. The molecular weight excluding hydrogens is 262 g/mol. The molecule has 110 valence electrons. The zero-order valence-corrected chi connectivity index (χ0v) is 12.5. The van der Waals surface area contributed by atoms with Crippen LogP contribution < -0.4 is 0 Å². The molecule has 4 nitrogen and oxygen atoms in total. The Morgan fingerprint density at radius 2 is 2.05 bits per heavy atom. The fraction of sp³-hybridized carbons (Fsp3) is 0.353. The topological polar surface area (TPSA) is 43.0 Å². The average Bonchev–Trinajstić information content (AvgIpc) is 3.14. The van der Waals surface area contributed by atoms with E-state index in [9.17, 15) is 5.11 Å². The Bertz CT molecular complexity index is 741. The lowest BCUT2D eigenvalue weighted by Crippen LogP contribution is -2.06. The molecule has 0 aliphatic rings. The number of rotatable bonds is 5. The van der Waals surface area contributed by atoms with E-state index in [1.54, 1.807) is 0 Å². The molecule has 2 aromatic heterocycles. The van der Waals surface area contributed by atoms with E-state index in [0.29, 0.717) is 6.04 Å². The number of hydrogen-bond acceptors (Lipinski definition) is 2. The molecule has 0 fully saturated rings. The smallest absolute Gasteiger partial charge is 0.0821 e. The molecule has 3 aromatic rings. The first-order chi connectivity index (χ1) is 10.2. The van der Waals surface area contributed by atoms with Gasteiger partial charge in [-0.15, -0.1) is 0 Å². The molecule has 1 atom stereocenters. The van der Waals surface area contributed by atoms with E-state index in [2.05, 4.69) is 47.9 Å². The molecule has 0 amide bonds. The predicted octanol–water partition coefficient (Wildman–Crippen LogP) is 3.35. The Labute approximate surface area is 124 Å². The van der Waals surface area contributed by atoms with Crippen LogP contribution in [0.2, 0.25) is 0 Å². The number of benzene rings is 1. The number of nitrogens with zero attached hydrogens (tertiary/aromatic N) is 3. The second-order valence-electron chi connectivity index (χ2n) is 5.50. The monoisotopic (exact) mass is 283 g/mol. The quantitative estimate of drug-likeness (QED) is 0.780. The first-order valence-electron chi connectivity index (χ1n) is 7.44. The number of hydrogen-bond donors (Lipinski definition) is 1. The molecule has 1 unspecified atom stereocenters. The molecule has 0 aliphatic heterocycles. The zero-order chi connectivity index (χ0) is 14.8. The van der Waals surface area contributed by atoms with Crippen LogP contribution in [0, 0.1) is 0 Å².